The third-order valence-corrected chi connectivity index (χ3v) is 6.18. The van der Waals surface area contributed by atoms with Crippen LogP contribution >= 0.6 is 0 Å². The van der Waals surface area contributed by atoms with Crippen LogP contribution in [-0.2, 0) is 14.3 Å². The maximum Gasteiger partial charge on any atom is 0.251 e. The minimum atomic E-state index is -0.467. The van der Waals surface area contributed by atoms with Gasteiger partial charge in [0.1, 0.15) is 6.10 Å². The van der Waals surface area contributed by atoms with Gasteiger partial charge >= 0.3 is 0 Å². The summed E-state index contributed by atoms with van der Waals surface area (Å²) in [6.45, 7) is 5.37. The van der Waals surface area contributed by atoms with Crippen molar-refractivity contribution >= 4 is 11.8 Å². The SMILES string of the molecule is CCN1CC[C@@]2(CN(C(=O)[C@H]3CCCO3)C[C@H]2c2ccccc2)C1=O. The molecule has 0 aliphatic carbocycles. The number of likely N-dealkylation sites (tertiary alicyclic amines) is 2. The Kier molecular flexibility index (Phi) is 4.28. The highest BCUT2D eigenvalue weighted by Crippen LogP contribution is 2.50. The quantitative estimate of drug-likeness (QED) is 0.844. The van der Waals surface area contributed by atoms with E-state index in [-0.39, 0.29) is 23.8 Å². The zero-order valence-corrected chi connectivity index (χ0v) is 14.8. The minimum absolute atomic E-state index is 0.0676. The third kappa shape index (κ3) is 2.65. The number of amides is 2. The van der Waals surface area contributed by atoms with E-state index in [0.717, 1.165) is 37.9 Å². The number of carbonyl (C=O) groups is 2. The Bertz CT molecular complexity index is 656. The van der Waals surface area contributed by atoms with Crippen LogP contribution in [0.2, 0.25) is 0 Å². The Hall–Kier alpha value is -1.88. The molecule has 0 aromatic heterocycles. The van der Waals surface area contributed by atoms with Gasteiger partial charge in [0.25, 0.3) is 5.91 Å². The molecular weight excluding hydrogens is 316 g/mol. The van der Waals surface area contributed by atoms with Crippen molar-refractivity contribution in [3.8, 4) is 0 Å². The molecule has 0 unspecified atom stereocenters. The molecule has 3 saturated heterocycles. The molecule has 3 atom stereocenters. The van der Waals surface area contributed by atoms with Gasteiger partial charge in [-0.2, -0.15) is 0 Å². The van der Waals surface area contributed by atoms with Gasteiger partial charge in [-0.3, -0.25) is 9.59 Å². The van der Waals surface area contributed by atoms with Crippen molar-refractivity contribution in [1.29, 1.82) is 0 Å². The maximum atomic E-state index is 13.2. The molecule has 5 heteroatoms. The Labute approximate surface area is 148 Å². The van der Waals surface area contributed by atoms with Gasteiger partial charge in [-0.05, 0) is 31.7 Å². The zero-order valence-electron chi connectivity index (χ0n) is 14.8. The van der Waals surface area contributed by atoms with Crippen molar-refractivity contribution in [2.75, 3.05) is 32.8 Å². The molecule has 0 saturated carbocycles. The van der Waals surface area contributed by atoms with Crippen molar-refractivity contribution in [3.63, 3.8) is 0 Å². The van der Waals surface area contributed by atoms with E-state index in [2.05, 4.69) is 12.1 Å². The fraction of sp³-hybridized carbons (Fsp3) is 0.600. The van der Waals surface area contributed by atoms with Gasteiger partial charge in [-0.1, -0.05) is 30.3 Å². The summed E-state index contributed by atoms with van der Waals surface area (Å²) in [6, 6.07) is 10.2. The summed E-state index contributed by atoms with van der Waals surface area (Å²) < 4.78 is 5.60. The average Bonchev–Trinajstić information content (AvgIpc) is 3.37. The number of ether oxygens (including phenoxy) is 1. The van der Waals surface area contributed by atoms with Gasteiger partial charge in [-0.25, -0.2) is 0 Å². The maximum absolute atomic E-state index is 13.2. The normalized spacial score (nSPS) is 32.1. The predicted molar refractivity (Wildman–Crippen MR) is 94.0 cm³/mol. The molecule has 0 radical (unpaired) electrons. The number of hydrogen-bond donors (Lipinski definition) is 0. The Morgan fingerprint density at radius 1 is 1.32 bits per heavy atom. The molecule has 4 rings (SSSR count). The number of hydrogen-bond acceptors (Lipinski definition) is 3. The number of rotatable bonds is 3. The first-order valence-electron chi connectivity index (χ1n) is 9.40. The fourth-order valence-electron chi connectivity index (χ4n) is 4.79. The van der Waals surface area contributed by atoms with Crippen LogP contribution in [0.3, 0.4) is 0 Å². The highest BCUT2D eigenvalue weighted by Gasteiger charge is 2.58. The summed E-state index contributed by atoms with van der Waals surface area (Å²) in [4.78, 5) is 29.9. The van der Waals surface area contributed by atoms with Crippen molar-refractivity contribution in [1.82, 2.24) is 9.80 Å². The molecule has 3 aliphatic heterocycles. The fourth-order valence-corrected chi connectivity index (χ4v) is 4.79. The molecule has 0 N–H and O–H groups in total. The molecule has 134 valence electrons. The first-order chi connectivity index (χ1) is 12.2. The lowest BCUT2D eigenvalue weighted by Crippen LogP contribution is -2.42. The van der Waals surface area contributed by atoms with Gasteiger partial charge < -0.3 is 14.5 Å². The number of nitrogens with zero attached hydrogens (tertiary/aromatic N) is 2. The molecule has 1 aromatic rings. The van der Waals surface area contributed by atoms with Gasteiger partial charge in [-0.15, -0.1) is 0 Å². The van der Waals surface area contributed by atoms with E-state index < -0.39 is 5.41 Å². The van der Waals surface area contributed by atoms with Gasteiger partial charge in [0.2, 0.25) is 5.91 Å². The Balaban J connectivity index is 1.65. The molecule has 5 nitrogen and oxygen atoms in total. The van der Waals surface area contributed by atoms with E-state index in [1.54, 1.807) is 0 Å². The standard InChI is InChI=1S/C20H26N2O3/c1-2-21-11-10-20(19(21)24)14-22(18(23)17-9-6-12-25-17)13-16(20)15-7-4-3-5-8-15/h3-5,7-8,16-17H,2,6,9-14H2,1H3/t16-,17+,20-/m0/s1. The van der Waals surface area contributed by atoms with Crippen LogP contribution in [0.5, 0.6) is 0 Å². The summed E-state index contributed by atoms with van der Waals surface area (Å²) in [5, 5.41) is 0. The molecule has 3 fully saturated rings. The monoisotopic (exact) mass is 342 g/mol. The molecule has 1 spiro atoms. The van der Waals surface area contributed by atoms with Gasteiger partial charge in [0.15, 0.2) is 0 Å². The second-order valence-electron chi connectivity index (χ2n) is 7.47. The summed E-state index contributed by atoms with van der Waals surface area (Å²) >= 11 is 0. The van der Waals surface area contributed by atoms with E-state index in [0.29, 0.717) is 19.7 Å². The van der Waals surface area contributed by atoms with Crippen molar-refractivity contribution in [3.05, 3.63) is 35.9 Å². The number of carbonyl (C=O) groups excluding carboxylic acids is 2. The lowest BCUT2D eigenvalue weighted by Gasteiger charge is -2.28. The summed E-state index contributed by atoms with van der Waals surface area (Å²) in [6.07, 6.45) is 2.26. The van der Waals surface area contributed by atoms with Crippen LogP contribution in [0.15, 0.2) is 30.3 Å². The van der Waals surface area contributed by atoms with Crippen LogP contribution in [-0.4, -0.2) is 60.5 Å². The highest BCUT2D eigenvalue weighted by molar-refractivity contribution is 5.89. The first kappa shape index (κ1) is 16.6. The van der Waals surface area contributed by atoms with E-state index in [9.17, 15) is 9.59 Å². The molecule has 2 amide bonds. The van der Waals surface area contributed by atoms with Crippen molar-refractivity contribution < 1.29 is 14.3 Å². The first-order valence-corrected chi connectivity index (χ1v) is 9.40. The minimum Gasteiger partial charge on any atom is -0.368 e. The predicted octanol–water partition coefficient (Wildman–Crippen LogP) is 2.03. The Morgan fingerprint density at radius 2 is 2.12 bits per heavy atom. The molecule has 3 heterocycles. The highest BCUT2D eigenvalue weighted by atomic mass is 16.5. The summed E-state index contributed by atoms with van der Waals surface area (Å²) in [5.74, 6) is 0.354. The lowest BCUT2D eigenvalue weighted by molar-refractivity contribution is -0.141. The number of benzene rings is 1. The third-order valence-electron chi connectivity index (χ3n) is 6.18. The van der Waals surface area contributed by atoms with Crippen LogP contribution in [0.1, 0.15) is 37.7 Å². The van der Waals surface area contributed by atoms with Crippen LogP contribution in [0, 0.1) is 5.41 Å². The summed E-state index contributed by atoms with van der Waals surface area (Å²) in [7, 11) is 0. The van der Waals surface area contributed by atoms with E-state index >= 15 is 0 Å². The smallest absolute Gasteiger partial charge is 0.251 e. The van der Waals surface area contributed by atoms with E-state index in [1.807, 2.05) is 34.9 Å². The Morgan fingerprint density at radius 3 is 2.76 bits per heavy atom. The van der Waals surface area contributed by atoms with Crippen molar-refractivity contribution in [2.45, 2.75) is 38.2 Å². The van der Waals surface area contributed by atoms with Crippen LogP contribution in [0.4, 0.5) is 0 Å². The molecule has 1 aromatic carbocycles. The summed E-state index contributed by atoms with van der Waals surface area (Å²) in [5.41, 5.74) is 0.697. The second kappa shape index (κ2) is 6.45. The lowest BCUT2D eigenvalue weighted by atomic mass is 9.73. The molecule has 3 aliphatic rings. The van der Waals surface area contributed by atoms with Crippen molar-refractivity contribution in [2.24, 2.45) is 5.41 Å². The van der Waals surface area contributed by atoms with Crippen LogP contribution < -0.4 is 0 Å². The molecular formula is C20H26N2O3. The molecule has 0 bridgehead atoms. The van der Waals surface area contributed by atoms with E-state index in [4.69, 9.17) is 4.74 Å². The second-order valence-corrected chi connectivity index (χ2v) is 7.47. The van der Waals surface area contributed by atoms with Crippen LogP contribution in [0.25, 0.3) is 0 Å². The van der Waals surface area contributed by atoms with E-state index in [1.165, 1.54) is 0 Å². The van der Waals surface area contributed by atoms with Gasteiger partial charge in [0, 0.05) is 38.7 Å². The largest absolute Gasteiger partial charge is 0.368 e. The average molecular weight is 342 g/mol. The molecule has 25 heavy (non-hydrogen) atoms. The topological polar surface area (TPSA) is 49.9 Å². The van der Waals surface area contributed by atoms with Gasteiger partial charge in [0.05, 0.1) is 5.41 Å². The zero-order chi connectivity index (χ0) is 17.4.